The summed E-state index contributed by atoms with van der Waals surface area (Å²) in [7, 11) is 0. The maximum Gasteiger partial charge on any atom is 0.140 e. The van der Waals surface area contributed by atoms with Crippen molar-refractivity contribution in [3.05, 3.63) is 34.9 Å². The van der Waals surface area contributed by atoms with E-state index in [1.165, 1.54) is 29.5 Å². The Kier molecular flexibility index (Phi) is 4.21. The Morgan fingerprint density at radius 1 is 1.22 bits per heavy atom. The predicted molar refractivity (Wildman–Crippen MR) is 75.7 cm³/mol. The van der Waals surface area contributed by atoms with Crippen molar-refractivity contribution in [2.24, 2.45) is 11.8 Å². The number of ketones is 1. The molecule has 0 N–H and O–H groups in total. The maximum atomic E-state index is 12.4. The lowest BCUT2D eigenvalue weighted by Crippen LogP contribution is -2.23. The topological polar surface area (TPSA) is 17.1 Å². The molecular formula is C17H24O. The van der Waals surface area contributed by atoms with Crippen molar-refractivity contribution in [1.29, 1.82) is 0 Å². The normalized spacial score (nSPS) is 23.9. The lowest BCUT2D eigenvalue weighted by molar-refractivity contribution is -0.123. The van der Waals surface area contributed by atoms with Crippen molar-refractivity contribution in [1.82, 2.24) is 0 Å². The maximum absolute atomic E-state index is 12.4. The molecule has 0 bridgehead atoms. The molecule has 1 aliphatic rings. The van der Waals surface area contributed by atoms with Crippen molar-refractivity contribution < 1.29 is 4.79 Å². The highest BCUT2D eigenvalue weighted by molar-refractivity contribution is 5.84. The van der Waals surface area contributed by atoms with E-state index >= 15 is 0 Å². The number of hydrogen-bond donors (Lipinski definition) is 0. The number of carbonyl (C=O) groups excluding carboxylic acids is 1. The number of carbonyl (C=O) groups is 1. The highest BCUT2D eigenvalue weighted by Gasteiger charge is 2.25. The quantitative estimate of drug-likeness (QED) is 0.777. The third kappa shape index (κ3) is 3.01. The van der Waals surface area contributed by atoms with E-state index in [-0.39, 0.29) is 0 Å². The van der Waals surface area contributed by atoms with Crippen LogP contribution in [0.1, 0.15) is 49.3 Å². The second-order valence-corrected chi connectivity index (χ2v) is 5.98. The molecule has 1 fully saturated rings. The molecule has 2 unspecified atom stereocenters. The van der Waals surface area contributed by atoms with Gasteiger partial charge in [0.25, 0.3) is 0 Å². The lowest BCUT2D eigenvalue weighted by Gasteiger charge is -2.26. The van der Waals surface area contributed by atoms with E-state index in [0.29, 0.717) is 18.1 Å². The standard InChI is InChI=1S/C17H24O/c1-12-6-4-9-15(10-12)17(18)11-16-13(2)7-5-8-14(16)3/h5,7-8,12,15H,4,6,9-11H2,1-3H3. The average molecular weight is 244 g/mol. The van der Waals surface area contributed by atoms with Gasteiger partial charge < -0.3 is 0 Å². The predicted octanol–water partition coefficient (Wildman–Crippen LogP) is 4.24. The fourth-order valence-electron chi connectivity index (χ4n) is 3.17. The zero-order chi connectivity index (χ0) is 13.1. The summed E-state index contributed by atoms with van der Waals surface area (Å²) in [5, 5.41) is 0. The van der Waals surface area contributed by atoms with Crippen LogP contribution in [0.25, 0.3) is 0 Å². The van der Waals surface area contributed by atoms with Crippen LogP contribution in [0, 0.1) is 25.7 Å². The molecule has 0 heterocycles. The number of Topliss-reactive ketones (excluding diaryl/α,β-unsaturated/α-hetero) is 1. The van der Waals surface area contributed by atoms with Gasteiger partial charge in [0.2, 0.25) is 0 Å². The van der Waals surface area contributed by atoms with Gasteiger partial charge in [-0.15, -0.1) is 0 Å². The molecule has 0 saturated heterocycles. The molecule has 1 aromatic carbocycles. The molecule has 2 rings (SSSR count). The van der Waals surface area contributed by atoms with E-state index in [4.69, 9.17) is 0 Å². The van der Waals surface area contributed by atoms with Crippen LogP contribution in [0.15, 0.2) is 18.2 Å². The zero-order valence-electron chi connectivity index (χ0n) is 11.8. The van der Waals surface area contributed by atoms with Gasteiger partial charge >= 0.3 is 0 Å². The first-order chi connectivity index (χ1) is 8.58. The van der Waals surface area contributed by atoms with E-state index in [1.807, 2.05) is 0 Å². The summed E-state index contributed by atoms with van der Waals surface area (Å²) in [6, 6.07) is 6.29. The van der Waals surface area contributed by atoms with Gasteiger partial charge in [0.1, 0.15) is 5.78 Å². The largest absolute Gasteiger partial charge is 0.299 e. The van der Waals surface area contributed by atoms with Crippen LogP contribution in [-0.4, -0.2) is 5.78 Å². The van der Waals surface area contributed by atoms with Gasteiger partial charge in [-0.1, -0.05) is 38.0 Å². The summed E-state index contributed by atoms with van der Waals surface area (Å²) in [4.78, 5) is 12.4. The minimum absolute atomic E-state index is 0.313. The van der Waals surface area contributed by atoms with Crippen molar-refractivity contribution >= 4 is 5.78 Å². The molecule has 2 atom stereocenters. The second-order valence-electron chi connectivity index (χ2n) is 5.98. The van der Waals surface area contributed by atoms with Crippen molar-refractivity contribution in [2.75, 3.05) is 0 Å². The van der Waals surface area contributed by atoms with Gasteiger partial charge in [0.05, 0.1) is 0 Å². The molecule has 1 aromatic rings. The molecular weight excluding hydrogens is 220 g/mol. The molecule has 0 aliphatic heterocycles. The SMILES string of the molecule is Cc1cccc(C)c1CC(=O)C1CCCC(C)C1. The van der Waals surface area contributed by atoms with E-state index in [0.717, 1.165) is 18.8 Å². The minimum atomic E-state index is 0.313. The summed E-state index contributed by atoms with van der Waals surface area (Å²) in [5.74, 6) is 1.50. The molecule has 0 amide bonds. The van der Waals surface area contributed by atoms with Gasteiger partial charge in [-0.3, -0.25) is 4.79 Å². The summed E-state index contributed by atoms with van der Waals surface area (Å²) < 4.78 is 0. The van der Waals surface area contributed by atoms with Gasteiger partial charge in [-0.25, -0.2) is 0 Å². The Morgan fingerprint density at radius 2 is 1.89 bits per heavy atom. The summed E-state index contributed by atoms with van der Waals surface area (Å²) >= 11 is 0. The number of hydrogen-bond acceptors (Lipinski definition) is 1. The molecule has 0 radical (unpaired) electrons. The van der Waals surface area contributed by atoms with Gasteiger partial charge in [-0.2, -0.15) is 0 Å². The van der Waals surface area contributed by atoms with Crippen LogP contribution in [0.3, 0.4) is 0 Å². The summed E-state index contributed by atoms with van der Waals surface area (Å²) in [6.45, 7) is 6.50. The second kappa shape index (κ2) is 5.69. The molecule has 0 spiro atoms. The Hall–Kier alpha value is -1.11. The van der Waals surface area contributed by atoms with Crippen LogP contribution in [-0.2, 0) is 11.2 Å². The molecule has 1 heteroatoms. The smallest absolute Gasteiger partial charge is 0.140 e. The molecule has 18 heavy (non-hydrogen) atoms. The third-order valence-corrected chi connectivity index (χ3v) is 4.39. The Bertz CT molecular complexity index is 413. The molecule has 98 valence electrons. The van der Waals surface area contributed by atoms with Crippen LogP contribution in [0.5, 0.6) is 0 Å². The first-order valence-corrected chi connectivity index (χ1v) is 7.15. The summed E-state index contributed by atoms with van der Waals surface area (Å²) in [5.41, 5.74) is 3.76. The van der Waals surface area contributed by atoms with E-state index in [2.05, 4.69) is 39.0 Å². The van der Waals surface area contributed by atoms with Crippen LogP contribution in [0.2, 0.25) is 0 Å². The van der Waals surface area contributed by atoms with Crippen molar-refractivity contribution in [3.63, 3.8) is 0 Å². The first kappa shape index (κ1) is 13.3. The zero-order valence-corrected chi connectivity index (χ0v) is 11.8. The first-order valence-electron chi connectivity index (χ1n) is 7.15. The van der Waals surface area contributed by atoms with Gasteiger partial charge in [-0.05, 0) is 49.3 Å². The highest BCUT2D eigenvalue weighted by atomic mass is 16.1. The van der Waals surface area contributed by atoms with Crippen LogP contribution >= 0.6 is 0 Å². The fourth-order valence-corrected chi connectivity index (χ4v) is 3.17. The van der Waals surface area contributed by atoms with Crippen LogP contribution < -0.4 is 0 Å². The Morgan fingerprint density at radius 3 is 2.50 bits per heavy atom. The average Bonchev–Trinajstić information content (AvgIpc) is 2.34. The van der Waals surface area contributed by atoms with E-state index in [1.54, 1.807) is 0 Å². The van der Waals surface area contributed by atoms with Crippen molar-refractivity contribution in [2.45, 2.75) is 52.9 Å². The lowest BCUT2D eigenvalue weighted by atomic mass is 9.78. The molecule has 1 nitrogen and oxygen atoms in total. The number of aryl methyl sites for hydroxylation is 2. The fraction of sp³-hybridized carbons (Fsp3) is 0.588. The Balaban J connectivity index is 2.07. The highest BCUT2D eigenvalue weighted by Crippen LogP contribution is 2.30. The number of rotatable bonds is 3. The van der Waals surface area contributed by atoms with Crippen molar-refractivity contribution in [3.8, 4) is 0 Å². The van der Waals surface area contributed by atoms with Gasteiger partial charge in [0.15, 0.2) is 0 Å². The third-order valence-electron chi connectivity index (χ3n) is 4.39. The Labute approximate surface area is 111 Å². The monoisotopic (exact) mass is 244 g/mol. The molecule has 0 aromatic heterocycles. The molecule has 1 saturated carbocycles. The van der Waals surface area contributed by atoms with Gasteiger partial charge in [0, 0.05) is 12.3 Å². The number of benzene rings is 1. The minimum Gasteiger partial charge on any atom is -0.299 e. The van der Waals surface area contributed by atoms with E-state index < -0.39 is 0 Å². The summed E-state index contributed by atoms with van der Waals surface area (Å²) in [6.07, 6.45) is 5.37. The molecule has 1 aliphatic carbocycles. The van der Waals surface area contributed by atoms with E-state index in [9.17, 15) is 4.79 Å². The van der Waals surface area contributed by atoms with Crippen LogP contribution in [0.4, 0.5) is 0 Å².